The zero-order chi connectivity index (χ0) is 25.9. The molecule has 0 heterocycles. The predicted octanol–water partition coefficient (Wildman–Crippen LogP) is 6.06. The van der Waals surface area contributed by atoms with Crippen molar-refractivity contribution >= 4 is 23.2 Å². The summed E-state index contributed by atoms with van der Waals surface area (Å²) in [6.45, 7) is 0.912. The molecule has 0 spiro atoms. The van der Waals surface area contributed by atoms with Crippen molar-refractivity contribution < 1.29 is 43.9 Å². The second-order valence-electron chi connectivity index (χ2n) is 8.33. The summed E-state index contributed by atoms with van der Waals surface area (Å²) in [7, 11) is 0. The van der Waals surface area contributed by atoms with Crippen molar-refractivity contribution in [2.24, 2.45) is 5.92 Å². The molecule has 0 nitrogen and oxygen atoms in total. The van der Waals surface area contributed by atoms with E-state index >= 15 is 0 Å². The summed E-state index contributed by atoms with van der Waals surface area (Å²) < 4.78 is 144. The molecule has 0 saturated carbocycles. The third-order valence-electron chi connectivity index (χ3n) is 6.08. The van der Waals surface area contributed by atoms with Gasteiger partial charge < -0.3 is 0 Å². The largest absolute Gasteiger partial charge is 0.236 e. The van der Waals surface area contributed by atoms with Crippen LogP contribution >= 0.6 is 0 Å². The van der Waals surface area contributed by atoms with E-state index in [1.165, 1.54) is 18.2 Å². The van der Waals surface area contributed by atoms with Crippen LogP contribution in [-0.4, -0.2) is 6.71 Å². The number of benzene rings is 3. The molecule has 182 valence electrons. The van der Waals surface area contributed by atoms with E-state index in [0.29, 0.717) is 11.1 Å². The van der Waals surface area contributed by atoms with Crippen molar-refractivity contribution in [3.63, 3.8) is 0 Å². The van der Waals surface area contributed by atoms with Crippen LogP contribution in [0.3, 0.4) is 0 Å². The fourth-order valence-corrected chi connectivity index (χ4v) is 4.50. The van der Waals surface area contributed by atoms with Crippen LogP contribution in [0, 0.1) is 64.1 Å². The molecule has 4 rings (SSSR count). The molecule has 1 aliphatic rings. The van der Waals surface area contributed by atoms with Crippen LogP contribution in [-0.2, 0) is 0 Å². The Hall–Kier alpha value is -3.24. The Bertz CT molecular complexity index is 1270. The van der Waals surface area contributed by atoms with Crippen LogP contribution in [0.5, 0.6) is 0 Å². The van der Waals surface area contributed by atoms with Crippen LogP contribution in [0.4, 0.5) is 43.9 Å². The molecule has 0 saturated heterocycles. The van der Waals surface area contributed by atoms with Crippen molar-refractivity contribution in [1.82, 2.24) is 0 Å². The maximum absolute atomic E-state index is 14.9. The molecular formula is C24H13BF10. The average molecular weight is 502 g/mol. The van der Waals surface area contributed by atoms with E-state index in [9.17, 15) is 43.9 Å². The number of fused-ring (bicyclic) bond motifs is 1. The van der Waals surface area contributed by atoms with Crippen molar-refractivity contribution in [3.8, 4) is 0 Å². The van der Waals surface area contributed by atoms with Crippen molar-refractivity contribution in [2.75, 3.05) is 0 Å². The fourth-order valence-electron chi connectivity index (χ4n) is 4.50. The standard InChI is InChI=1S/C24H13BF10/c1-8(2)11-7-12(10-6-4-3-5-9(10)11)25(13-15(26)19(30)23(34)20(31)16(13)27)14-17(28)21(32)24(35)22(33)18(14)29/h3-8,12H,1-2H3. The predicted molar refractivity (Wildman–Crippen MR) is 109 cm³/mol. The van der Waals surface area contributed by atoms with Gasteiger partial charge in [0.15, 0.2) is 58.2 Å². The summed E-state index contributed by atoms with van der Waals surface area (Å²) in [5, 5.41) is 0. The first-order valence-corrected chi connectivity index (χ1v) is 10.2. The van der Waals surface area contributed by atoms with Gasteiger partial charge in [-0.1, -0.05) is 44.2 Å². The summed E-state index contributed by atoms with van der Waals surface area (Å²) in [6.07, 6.45) is 1.27. The number of hydrogen-bond donors (Lipinski definition) is 0. The SMILES string of the molecule is CC(C)C1=CC(B(c2c(F)c(F)c(F)c(F)c2F)c2c(F)c(F)c(F)c(F)c2F)c2ccccc21. The van der Waals surface area contributed by atoms with Crippen LogP contribution < -0.4 is 10.9 Å². The second kappa shape index (κ2) is 8.76. The molecule has 1 unspecified atom stereocenters. The molecule has 0 aliphatic heterocycles. The highest BCUT2D eigenvalue weighted by atomic mass is 19.2. The highest BCUT2D eigenvalue weighted by molar-refractivity contribution is 6.87. The van der Waals surface area contributed by atoms with Gasteiger partial charge in [0.1, 0.15) is 0 Å². The Morgan fingerprint density at radius 3 is 1.34 bits per heavy atom. The van der Waals surface area contributed by atoms with Gasteiger partial charge in [-0.2, -0.15) is 0 Å². The van der Waals surface area contributed by atoms with Crippen LogP contribution in [0.1, 0.15) is 30.8 Å². The fraction of sp³-hybridized carbons (Fsp3) is 0.167. The normalized spacial score (nSPS) is 15.0. The highest BCUT2D eigenvalue weighted by Crippen LogP contribution is 2.41. The van der Waals surface area contributed by atoms with Crippen LogP contribution in [0.25, 0.3) is 5.57 Å². The van der Waals surface area contributed by atoms with Crippen molar-refractivity contribution in [3.05, 3.63) is 99.6 Å². The van der Waals surface area contributed by atoms with Gasteiger partial charge in [0, 0.05) is 10.9 Å². The van der Waals surface area contributed by atoms with Crippen LogP contribution in [0.15, 0.2) is 30.3 Å². The second-order valence-corrected chi connectivity index (χ2v) is 8.33. The van der Waals surface area contributed by atoms with Crippen molar-refractivity contribution in [1.29, 1.82) is 0 Å². The van der Waals surface area contributed by atoms with Gasteiger partial charge in [0.25, 0.3) is 0 Å². The summed E-state index contributed by atoms with van der Waals surface area (Å²) in [6, 6.07) is 5.94. The minimum absolute atomic E-state index is 0.147. The number of halogens is 10. The monoisotopic (exact) mass is 502 g/mol. The first-order valence-electron chi connectivity index (χ1n) is 10.2. The molecule has 0 bridgehead atoms. The Balaban J connectivity index is 2.17. The van der Waals surface area contributed by atoms with Gasteiger partial charge >= 0.3 is 0 Å². The molecule has 0 N–H and O–H groups in total. The molecule has 11 heteroatoms. The van der Waals surface area contributed by atoms with Gasteiger partial charge in [-0.25, -0.2) is 43.9 Å². The van der Waals surface area contributed by atoms with E-state index in [-0.39, 0.29) is 11.5 Å². The lowest BCUT2D eigenvalue weighted by Gasteiger charge is -2.24. The summed E-state index contributed by atoms with van der Waals surface area (Å²) in [5.74, 6) is -26.4. The minimum atomic E-state index is -2.54. The van der Waals surface area contributed by atoms with Gasteiger partial charge in [-0.05, 0) is 28.4 Å². The van der Waals surface area contributed by atoms with E-state index in [2.05, 4.69) is 0 Å². The summed E-state index contributed by atoms with van der Waals surface area (Å²) in [5.41, 5.74) is -2.36. The molecular weight excluding hydrogens is 489 g/mol. The lowest BCUT2D eigenvalue weighted by atomic mass is 9.32. The maximum atomic E-state index is 14.9. The Labute approximate surface area is 193 Å². The van der Waals surface area contributed by atoms with E-state index in [4.69, 9.17) is 0 Å². The molecule has 3 aromatic rings. The highest BCUT2D eigenvalue weighted by Gasteiger charge is 2.45. The van der Waals surface area contributed by atoms with Gasteiger partial charge in [0.2, 0.25) is 6.71 Å². The smallest absolute Gasteiger partial charge is 0.204 e. The molecule has 35 heavy (non-hydrogen) atoms. The topological polar surface area (TPSA) is 0 Å². The Kier molecular flexibility index (Phi) is 6.23. The number of hydrogen-bond acceptors (Lipinski definition) is 0. The third kappa shape index (κ3) is 3.63. The maximum Gasteiger partial charge on any atom is 0.236 e. The van der Waals surface area contributed by atoms with E-state index < -0.39 is 81.6 Å². The third-order valence-corrected chi connectivity index (χ3v) is 6.08. The van der Waals surface area contributed by atoms with E-state index in [1.807, 2.05) is 0 Å². The lowest BCUT2D eigenvalue weighted by molar-refractivity contribution is 0.382. The molecule has 0 aromatic heterocycles. The van der Waals surface area contributed by atoms with E-state index in [1.54, 1.807) is 26.0 Å². The Morgan fingerprint density at radius 2 is 0.943 bits per heavy atom. The zero-order valence-electron chi connectivity index (χ0n) is 17.9. The lowest BCUT2D eigenvalue weighted by Crippen LogP contribution is -2.54. The summed E-state index contributed by atoms with van der Waals surface area (Å²) in [4.78, 5) is 0. The van der Waals surface area contributed by atoms with Gasteiger partial charge in [-0.15, -0.1) is 0 Å². The van der Waals surface area contributed by atoms with Crippen LogP contribution in [0.2, 0.25) is 0 Å². The number of allylic oxidation sites excluding steroid dienone is 2. The number of rotatable bonds is 4. The quantitative estimate of drug-likeness (QED) is 0.176. The Morgan fingerprint density at radius 1 is 0.571 bits per heavy atom. The first kappa shape index (κ1) is 24.9. The molecule has 0 fully saturated rings. The minimum Gasteiger partial charge on any atom is -0.204 e. The average Bonchev–Trinajstić information content (AvgIpc) is 3.22. The zero-order valence-corrected chi connectivity index (χ0v) is 17.9. The first-order chi connectivity index (χ1) is 16.4. The summed E-state index contributed by atoms with van der Waals surface area (Å²) >= 11 is 0. The van der Waals surface area contributed by atoms with Gasteiger partial charge in [0.05, 0.1) is 0 Å². The molecule has 0 radical (unpaired) electrons. The van der Waals surface area contributed by atoms with Gasteiger partial charge in [-0.3, -0.25) is 0 Å². The molecule has 0 amide bonds. The molecule has 3 aromatic carbocycles. The molecule has 1 atom stereocenters. The molecule has 1 aliphatic carbocycles. The van der Waals surface area contributed by atoms with E-state index in [0.717, 1.165) is 0 Å². The van der Waals surface area contributed by atoms with Crippen molar-refractivity contribution in [2.45, 2.75) is 19.7 Å².